The molecule has 1 unspecified atom stereocenters. The minimum absolute atomic E-state index is 0.180. The van der Waals surface area contributed by atoms with Crippen molar-refractivity contribution in [2.75, 3.05) is 13.1 Å². The average molecular weight is 427 g/mol. The minimum atomic E-state index is -1.07. The van der Waals surface area contributed by atoms with Crippen LogP contribution in [0.5, 0.6) is 0 Å². The van der Waals surface area contributed by atoms with Gasteiger partial charge in [-0.25, -0.2) is 4.79 Å². The third-order valence-electron chi connectivity index (χ3n) is 3.96. The summed E-state index contributed by atoms with van der Waals surface area (Å²) >= 11 is 2.19. The van der Waals surface area contributed by atoms with Crippen molar-refractivity contribution in [3.63, 3.8) is 0 Å². The number of carbonyl (C=O) groups excluding carboxylic acids is 1. The van der Waals surface area contributed by atoms with E-state index in [9.17, 15) is 20.0 Å². The molecule has 1 fully saturated rings. The lowest BCUT2D eigenvalue weighted by Crippen LogP contribution is -2.52. The standard InChI is InChI=1S/C16H18IN3O3/c17-13-6-4-11(5-7-13)12(9-18)10-19-15(21)14-3-1-2-8-20(14)16(22)23/h4-7,12,14H,1-3,8,10H2,(H,19,21)(H,22,23)/t12-,14?/m0/s1. The average Bonchev–Trinajstić information content (AvgIpc) is 2.56. The van der Waals surface area contributed by atoms with Crippen molar-refractivity contribution in [3.05, 3.63) is 33.4 Å². The maximum absolute atomic E-state index is 12.3. The van der Waals surface area contributed by atoms with Gasteiger partial charge in [-0.2, -0.15) is 5.26 Å². The summed E-state index contributed by atoms with van der Waals surface area (Å²) in [5.74, 6) is -0.768. The van der Waals surface area contributed by atoms with Gasteiger partial charge in [0, 0.05) is 16.7 Å². The van der Waals surface area contributed by atoms with Crippen molar-refractivity contribution in [2.24, 2.45) is 0 Å². The number of nitrogens with zero attached hydrogens (tertiary/aromatic N) is 2. The van der Waals surface area contributed by atoms with Crippen LogP contribution in [0.4, 0.5) is 4.79 Å². The zero-order valence-corrected chi connectivity index (χ0v) is 14.7. The van der Waals surface area contributed by atoms with E-state index in [0.29, 0.717) is 13.0 Å². The van der Waals surface area contributed by atoms with Crippen LogP contribution in [0.2, 0.25) is 0 Å². The zero-order valence-electron chi connectivity index (χ0n) is 12.5. The van der Waals surface area contributed by atoms with Crippen molar-refractivity contribution in [3.8, 4) is 6.07 Å². The molecule has 0 bridgehead atoms. The Morgan fingerprint density at radius 1 is 1.39 bits per heavy atom. The van der Waals surface area contributed by atoms with Crippen molar-refractivity contribution >= 4 is 34.6 Å². The van der Waals surface area contributed by atoms with Gasteiger partial charge in [-0.3, -0.25) is 9.69 Å². The smallest absolute Gasteiger partial charge is 0.407 e. The fourth-order valence-corrected chi connectivity index (χ4v) is 3.05. The highest BCUT2D eigenvalue weighted by atomic mass is 127. The molecule has 7 heteroatoms. The summed E-state index contributed by atoms with van der Waals surface area (Å²) in [5.41, 5.74) is 0.840. The molecule has 1 aromatic carbocycles. The quantitative estimate of drug-likeness (QED) is 0.723. The number of nitrogens with one attached hydrogen (secondary N) is 1. The molecule has 0 aromatic heterocycles. The van der Waals surface area contributed by atoms with Gasteiger partial charge in [0.25, 0.3) is 0 Å². The molecular formula is C16H18IN3O3. The van der Waals surface area contributed by atoms with Gasteiger partial charge in [0.1, 0.15) is 6.04 Å². The van der Waals surface area contributed by atoms with Gasteiger partial charge in [0.15, 0.2) is 0 Å². The molecule has 6 nitrogen and oxygen atoms in total. The Hall–Kier alpha value is -1.82. The molecule has 1 aromatic rings. The summed E-state index contributed by atoms with van der Waals surface area (Å²) in [4.78, 5) is 24.7. The first-order valence-electron chi connectivity index (χ1n) is 7.45. The summed E-state index contributed by atoms with van der Waals surface area (Å²) in [6, 6.07) is 9.09. The van der Waals surface area contributed by atoms with Crippen LogP contribution in [-0.2, 0) is 4.79 Å². The van der Waals surface area contributed by atoms with Gasteiger partial charge in [-0.05, 0) is 59.5 Å². The lowest BCUT2D eigenvalue weighted by molar-refractivity contribution is -0.126. The Morgan fingerprint density at radius 2 is 2.09 bits per heavy atom. The SMILES string of the molecule is N#C[C@@H](CNC(=O)C1CCCCN1C(=O)O)c1ccc(I)cc1. The fourth-order valence-electron chi connectivity index (χ4n) is 2.69. The van der Waals surface area contributed by atoms with Gasteiger partial charge in [-0.1, -0.05) is 12.1 Å². The Kier molecular flexibility index (Phi) is 6.21. The van der Waals surface area contributed by atoms with Crippen molar-refractivity contribution in [1.82, 2.24) is 10.2 Å². The molecule has 2 amide bonds. The van der Waals surface area contributed by atoms with Crippen LogP contribution >= 0.6 is 22.6 Å². The van der Waals surface area contributed by atoms with Crippen molar-refractivity contribution in [1.29, 1.82) is 5.26 Å². The molecule has 122 valence electrons. The molecule has 1 saturated heterocycles. The van der Waals surface area contributed by atoms with Gasteiger partial charge < -0.3 is 10.4 Å². The maximum Gasteiger partial charge on any atom is 0.407 e. The molecule has 2 atom stereocenters. The highest BCUT2D eigenvalue weighted by Crippen LogP contribution is 2.19. The number of hydrogen-bond acceptors (Lipinski definition) is 3. The number of piperidine rings is 1. The molecular weight excluding hydrogens is 409 g/mol. The number of benzene rings is 1. The van der Waals surface area contributed by atoms with Gasteiger partial charge >= 0.3 is 6.09 Å². The Bertz CT molecular complexity index is 612. The normalized spacial score (nSPS) is 18.8. The highest BCUT2D eigenvalue weighted by Gasteiger charge is 2.32. The molecule has 1 heterocycles. The van der Waals surface area contributed by atoms with Gasteiger partial charge in [-0.15, -0.1) is 0 Å². The van der Waals surface area contributed by atoms with Crippen molar-refractivity contribution < 1.29 is 14.7 Å². The van der Waals surface area contributed by atoms with E-state index in [-0.39, 0.29) is 12.5 Å². The first-order chi connectivity index (χ1) is 11.0. The Labute approximate surface area is 148 Å². The van der Waals surface area contributed by atoms with Crippen LogP contribution in [0.3, 0.4) is 0 Å². The Balaban J connectivity index is 1.97. The first kappa shape index (κ1) is 17.5. The monoisotopic (exact) mass is 427 g/mol. The second kappa shape index (κ2) is 8.15. The van der Waals surface area contributed by atoms with E-state index >= 15 is 0 Å². The predicted octanol–water partition coefficient (Wildman–Crippen LogP) is 2.55. The van der Waals surface area contributed by atoms with Crippen LogP contribution in [-0.4, -0.2) is 41.1 Å². The summed E-state index contributed by atoms with van der Waals surface area (Å²) in [7, 11) is 0. The van der Waals surface area contributed by atoms with Crippen LogP contribution in [0.25, 0.3) is 0 Å². The summed E-state index contributed by atoms with van der Waals surface area (Å²) in [6.07, 6.45) is 1.07. The van der Waals surface area contributed by atoms with E-state index in [0.717, 1.165) is 22.0 Å². The summed E-state index contributed by atoms with van der Waals surface area (Å²) in [6.45, 7) is 0.562. The highest BCUT2D eigenvalue weighted by molar-refractivity contribution is 14.1. The van der Waals surface area contributed by atoms with E-state index in [2.05, 4.69) is 34.0 Å². The van der Waals surface area contributed by atoms with Crippen molar-refractivity contribution in [2.45, 2.75) is 31.2 Å². The molecule has 1 aliphatic rings. The van der Waals surface area contributed by atoms with Gasteiger partial charge in [0.2, 0.25) is 5.91 Å². The molecule has 23 heavy (non-hydrogen) atoms. The predicted molar refractivity (Wildman–Crippen MR) is 92.9 cm³/mol. The lowest BCUT2D eigenvalue weighted by atomic mass is 9.99. The molecule has 1 aliphatic heterocycles. The van der Waals surface area contributed by atoms with E-state index in [1.165, 1.54) is 4.90 Å². The number of halogens is 1. The van der Waals surface area contributed by atoms with Crippen LogP contribution in [0.15, 0.2) is 24.3 Å². The number of hydrogen-bond donors (Lipinski definition) is 2. The number of nitriles is 1. The number of carbonyl (C=O) groups is 2. The maximum atomic E-state index is 12.3. The summed E-state index contributed by atoms with van der Waals surface area (Å²) in [5, 5.41) is 21.2. The first-order valence-corrected chi connectivity index (χ1v) is 8.53. The summed E-state index contributed by atoms with van der Waals surface area (Å²) < 4.78 is 1.08. The molecule has 0 radical (unpaired) electrons. The third-order valence-corrected chi connectivity index (χ3v) is 4.68. The van der Waals surface area contributed by atoms with Crippen LogP contribution in [0.1, 0.15) is 30.7 Å². The molecule has 2 N–H and O–H groups in total. The van der Waals surface area contributed by atoms with Crippen LogP contribution < -0.4 is 5.32 Å². The number of likely N-dealkylation sites (tertiary alicyclic amines) is 1. The fraction of sp³-hybridized carbons (Fsp3) is 0.438. The molecule has 0 saturated carbocycles. The van der Waals surface area contributed by atoms with Crippen LogP contribution in [0, 0.1) is 14.9 Å². The van der Waals surface area contributed by atoms with E-state index in [1.54, 1.807) is 0 Å². The second-order valence-corrected chi connectivity index (χ2v) is 6.71. The zero-order chi connectivity index (χ0) is 16.8. The third kappa shape index (κ3) is 4.58. The second-order valence-electron chi connectivity index (χ2n) is 5.47. The van der Waals surface area contributed by atoms with Gasteiger partial charge in [0.05, 0.1) is 12.0 Å². The number of rotatable bonds is 4. The molecule has 0 spiro atoms. The molecule has 2 rings (SSSR count). The minimum Gasteiger partial charge on any atom is -0.465 e. The largest absolute Gasteiger partial charge is 0.465 e. The molecule has 0 aliphatic carbocycles. The number of amides is 2. The topological polar surface area (TPSA) is 93.4 Å². The lowest BCUT2D eigenvalue weighted by Gasteiger charge is -2.32. The van der Waals surface area contributed by atoms with E-state index < -0.39 is 18.1 Å². The Morgan fingerprint density at radius 3 is 2.70 bits per heavy atom. The van der Waals surface area contributed by atoms with E-state index in [4.69, 9.17) is 0 Å². The van der Waals surface area contributed by atoms with E-state index in [1.807, 2.05) is 24.3 Å². The number of carboxylic acid groups (broad SMARTS) is 1.